The minimum Gasteiger partial charge on any atom is -0.496 e. The molecule has 0 spiro atoms. The van der Waals surface area contributed by atoms with Crippen LogP contribution in [0.5, 0.6) is 5.75 Å². The van der Waals surface area contributed by atoms with E-state index in [1.54, 1.807) is 13.8 Å². The molecule has 0 radical (unpaired) electrons. The van der Waals surface area contributed by atoms with Gasteiger partial charge in [-0.3, -0.25) is 0 Å². The van der Waals surface area contributed by atoms with Gasteiger partial charge in [0.1, 0.15) is 11.6 Å². The Kier molecular flexibility index (Phi) is 5.59. The third-order valence-electron chi connectivity index (χ3n) is 3.98. The van der Waals surface area contributed by atoms with Crippen molar-refractivity contribution >= 4 is 5.97 Å². The topological polar surface area (TPSA) is 35.5 Å². The average molecular weight is 370 g/mol. The fraction of sp³-hybridized carbons (Fsp3) is 0.316. The molecule has 2 rings (SSSR count). The molecule has 0 bridgehead atoms. The summed E-state index contributed by atoms with van der Waals surface area (Å²) in [4.78, 5) is 12.1. The van der Waals surface area contributed by atoms with Crippen LogP contribution in [0.2, 0.25) is 0 Å². The van der Waals surface area contributed by atoms with Gasteiger partial charge in [-0.25, -0.2) is 9.18 Å². The number of alkyl halides is 3. The fourth-order valence-corrected chi connectivity index (χ4v) is 2.63. The summed E-state index contributed by atoms with van der Waals surface area (Å²) in [5.74, 6) is -1.48. The lowest BCUT2D eigenvalue weighted by molar-refractivity contribution is -0.137. The van der Waals surface area contributed by atoms with Crippen molar-refractivity contribution in [3.8, 4) is 16.9 Å². The number of rotatable bonds is 4. The first-order chi connectivity index (χ1) is 12.1. The van der Waals surface area contributed by atoms with E-state index in [9.17, 15) is 22.4 Å². The summed E-state index contributed by atoms with van der Waals surface area (Å²) < 4.78 is 63.0. The lowest BCUT2D eigenvalue weighted by Gasteiger charge is -2.17. The second-order valence-corrected chi connectivity index (χ2v) is 5.98. The van der Waals surface area contributed by atoms with Gasteiger partial charge < -0.3 is 9.47 Å². The molecule has 0 aliphatic heterocycles. The third kappa shape index (κ3) is 3.81. The highest BCUT2D eigenvalue weighted by atomic mass is 19.4. The molecule has 0 atom stereocenters. The molecular formula is C19H18F4O3. The Balaban J connectivity index is 2.79. The summed E-state index contributed by atoms with van der Waals surface area (Å²) in [5, 5.41) is 0. The smallest absolute Gasteiger partial charge is 0.416 e. The standard InChI is InChI=1S/C19H18F4O3/c1-10(2)13-8-14(17(25-3)9-16(13)20)12-6-5-11(19(21,22)23)7-15(12)18(24)26-4/h5-10H,1-4H3. The maximum Gasteiger partial charge on any atom is 0.416 e. The van der Waals surface area contributed by atoms with E-state index in [4.69, 9.17) is 4.74 Å². The van der Waals surface area contributed by atoms with Crippen molar-refractivity contribution in [1.29, 1.82) is 0 Å². The lowest BCUT2D eigenvalue weighted by Crippen LogP contribution is -2.10. The van der Waals surface area contributed by atoms with Crippen LogP contribution in [0.15, 0.2) is 30.3 Å². The zero-order chi connectivity index (χ0) is 19.6. The van der Waals surface area contributed by atoms with E-state index in [0.29, 0.717) is 11.1 Å². The molecular weight excluding hydrogens is 352 g/mol. The van der Waals surface area contributed by atoms with E-state index < -0.39 is 23.5 Å². The van der Waals surface area contributed by atoms with Gasteiger partial charge in [-0.15, -0.1) is 0 Å². The highest BCUT2D eigenvalue weighted by Crippen LogP contribution is 2.39. The SMILES string of the molecule is COC(=O)c1cc(C(F)(F)F)ccc1-c1cc(C(C)C)c(F)cc1OC. The van der Waals surface area contributed by atoms with Crippen LogP contribution in [0.4, 0.5) is 17.6 Å². The molecule has 2 aromatic carbocycles. The Labute approximate surface area is 148 Å². The highest BCUT2D eigenvalue weighted by Gasteiger charge is 2.32. The molecule has 0 N–H and O–H groups in total. The quantitative estimate of drug-likeness (QED) is 0.532. The van der Waals surface area contributed by atoms with Crippen molar-refractivity contribution in [3.05, 3.63) is 52.8 Å². The van der Waals surface area contributed by atoms with Gasteiger partial charge in [-0.2, -0.15) is 13.2 Å². The summed E-state index contributed by atoms with van der Waals surface area (Å²) in [6.45, 7) is 3.56. The number of carbonyl (C=O) groups excluding carboxylic acids is 1. The first-order valence-corrected chi connectivity index (χ1v) is 7.77. The average Bonchev–Trinajstić information content (AvgIpc) is 2.59. The van der Waals surface area contributed by atoms with Crippen LogP contribution >= 0.6 is 0 Å². The molecule has 0 aliphatic carbocycles. The molecule has 140 valence electrons. The van der Waals surface area contributed by atoms with Crippen LogP contribution in [-0.2, 0) is 10.9 Å². The van der Waals surface area contributed by atoms with Crippen molar-refractivity contribution in [3.63, 3.8) is 0 Å². The van der Waals surface area contributed by atoms with Gasteiger partial charge in [0, 0.05) is 11.6 Å². The molecule has 0 heterocycles. The largest absolute Gasteiger partial charge is 0.496 e. The van der Waals surface area contributed by atoms with Crippen molar-refractivity contribution in [2.45, 2.75) is 25.9 Å². The maximum absolute atomic E-state index is 14.2. The summed E-state index contributed by atoms with van der Waals surface area (Å²) in [7, 11) is 2.39. The van der Waals surface area contributed by atoms with Gasteiger partial charge in [0.2, 0.25) is 0 Å². The van der Waals surface area contributed by atoms with Crippen molar-refractivity contribution in [2.75, 3.05) is 14.2 Å². The van der Waals surface area contributed by atoms with E-state index in [2.05, 4.69) is 4.74 Å². The van der Waals surface area contributed by atoms with E-state index >= 15 is 0 Å². The van der Waals surface area contributed by atoms with Crippen LogP contribution in [0.1, 0.15) is 41.3 Å². The molecule has 0 saturated carbocycles. The maximum atomic E-state index is 14.2. The van der Waals surface area contributed by atoms with Gasteiger partial charge >= 0.3 is 12.1 Å². The van der Waals surface area contributed by atoms with E-state index in [-0.39, 0.29) is 22.8 Å². The number of carbonyl (C=O) groups is 1. The molecule has 0 fully saturated rings. The van der Waals surface area contributed by atoms with Gasteiger partial charge in [-0.05, 0) is 35.2 Å². The summed E-state index contributed by atoms with van der Waals surface area (Å²) in [5.41, 5.74) is -0.416. The third-order valence-corrected chi connectivity index (χ3v) is 3.98. The van der Waals surface area contributed by atoms with Crippen molar-refractivity contribution in [1.82, 2.24) is 0 Å². The first kappa shape index (κ1) is 19.8. The number of methoxy groups -OCH3 is 2. The number of ether oxygens (including phenoxy) is 2. The van der Waals surface area contributed by atoms with Crippen LogP contribution in [0.25, 0.3) is 11.1 Å². The minimum atomic E-state index is -4.61. The zero-order valence-electron chi connectivity index (χ0n) is 14.7. The van der Waals surface area contributed by atoms with Gasteiger partial charge in [0.15, 0.2) is 0 Å². The van der Waals surface area contributed by atoms with Crippen LogP contribution in [0, 0.1) is 5.82 Å². The number of halogens is 4. The molecule has 2 aromatic rings. The van der Waals surface area contributed by atoms with E-state index in [1.165, 1.54) is 13.2 Å². The monoisotopic (exact) mass is 370 g/mol. The molecule has 7 heteroatoms. The van der Waals surface area contributed by atoms with Crippen molar-refractivity contribution in [2.24, 2.45) is 0 Å². The Hall–Kier alpha value is -2.57. The Morgan fingerprint density at radius 3 is 2.19 bits per heavy atom. The predicted molar refractivity (Wildman–Crippen MR) is 88.8 cm³/mol. The molecule has 3 nitrogen and oxygen atoms in total. The van der Waals surface area contributed by atoms with Crippen LogP contribution in [0.3, 0.4) is 0 Å². The van der Waals surface area contributed by atoms with Gasteiger partial charge in [0.05, 0.1) is 25.3 Å². The van der Waals surface area contributed by atoms with Crippen molar-refractivity contribution < 1.29 is 31.8 Å². The summed E-state index contributed by atoms with van der Waals surface area (Å²) >= 11 is 0. The van der Waals surface area contributed by atoms with Crippen LogP contribution in [-0.4, -0.2) is 20.2 Å². The Morgan fingerprint density at radius 1 is 1.04 bits per heavy atom. The van der Waals surface area contributed by atoms with E-state index in [0.717, 1.165) is 31.4 Å². The second kappa shape index (κ2) is 7.35. The van der Waals surface area contributed by atoms with Crippen LogP contribution < -0.4 is 4.74 Å². The molecule has 26 heavy (non-hydrogen) atoms. The number of benzene rings is 2. The van der Waals surface area contributed by atoms with E-state index in [1.807, 2.05) is 0 Å². The first-order valence-electron chi connectivity index (χ1n) is 7.77. The van der Waals surface area contributed by atoms with Gasteiger partial charge in [-0.1, -0.05) is 19.9 Å². The molecule has 0 amide bonds. The normalized spacial score (nSPS) is 11.6. The Bertz CT molecular complexity index is 826. The predicted octanol–water partition coefficient (Wildman–Crippen LogP) is 5.43. The molecule has 0 unspecified atom stereocenters. The number of esters is 1. The number of hydrogen-bond acceptors (Lipinski definition) is 3. The number of hydrogen-bond donors (Lipinski definition) is 0. The Morgan fingerprint density at radius 2 is 1.69 bits per heavy atom. The molecule has 0 aromatic heterocycles. The molecule has 0 aliphatic rings. The minimum absolute atomic E-state index is 0.108. The summed E-state index contributed by atoms with van der Waals surface area (Å²) in [6, 6.07) is 5.38. The zero-order valence-corrected chi connectivity index (χ0v) is 14.7. The highest BCUT2D eigenvalue weighted by molar-refractivity contribution is 5.98. The fourth-order valence-electron chi connectivity index (χ4n) is 2.63. The second-order valence-electron chi connectivity index (χ2n) is 5.98. The van der Waals surface area contributed by atoms with Gasteiger partial charge in [0.25, 0.3) is 0 Å². The lowest BCUT2D eigenvalue weighted by atomic mass is 9.92. The summed E-state index contributed by atoms with van der Waals surface area (Å²) in [6.07, 6.45) is -4.61. The molecule has 0 saturated heterocycles.